The number of carbonyl (C=O) groups excluding carboxylic acids is 1. The minimum absolute atomic E-state index is 0.171. The van der Waals surface area contributed by atoms with Crippen LogP contribution in [0, 0.1) is 0 Å². The molecule has 7 heteroatoms. The van der Waals surface area contributed by atoms with Gasteiger partial charge in [0.15, 0.2) is 0 Å². The number of carbonyl (C=O) groups is 1. The highest BCUT2D eigenvalue weighted by Crippen LogP contribution is 2.26. The first-order chi connectivity index (χ1) is 16.4. The SMILES string of the molecule is CC(C)c1ccc(N(CC(=O)N2CCN(c3ccccc3)CC2)S(=O)(=O)c2ccccc2)cc1. The molecule has 1 aliphatic rings. The Morgan fingerprint density at radius 1 is 0.824 bits per heavy atom. The molecule has 0 N–H and O–H groups in total. The Bertz CT molecular complexity index is 1190. The highest BCUT2D eigenvalue weighted by atomic mass is 32.2. The summed E-state index contributed by atoms with van der Waals surface area (Å²) in [6.45, 7) is 6.48. The summed E-state index contributed by atoms with van der Waals surface area (Å²) >= 11 is 0. The number of amides is 1. The van der Waals surface area contributed by atoms with Gasteiger partial charge in [-0.25, -0.2) is 8.42 Å². The van der Waals surface area contributed by atoms with Gasteiger partial charge < -0.3 is 9.80 Å². The van der Waals surface area contributed by atoms with Gasteiger partial charge in [-0.05, 0) is 47.9 Å². The second-order valence-corrected chi connectivity index (χ2v) is 10.6. The van der Waals surface area contributed by atoms with Gasteiger partial charge in [0.05, 0.1) is 10.6 Å². The van der Waals surface area contributed by atoms with Crippen LogP contribution in [0.5, 0.6) is 0 Å². The average Bonchev–Trinajstić information content (AvgIpc) is 2.88. The van der Waals surface area contributed by atoms with Crippen molar-refractivity contribution in [2.45, 2.75) is 24.7 Å². The summed E-state index contributed by atoms with van der Waals surface area (Å²) in [5.74, 6) is 0.135. The number of piperazine rings is 1. The molecule has 0 atom stereocenters. The van der Waals surface area contributed by atoms with E-state index in [4.69, 9.17) is 0 Å². The average molecular weight is 478 g/mol. The summed E-state index contributed by atoms with van der Waals surface area (Å²) in [4.78, 5) is 17.5. The lowest BCUT2D eigenvalue weighted by atomic mass is 10.0. The lowest BCUT2D eigenvalue weighted by molar-refractivity contribution is -0.129. The summed E-state index contributed by atoms with van der Waals surface area (Å²) in [6.07, 6.45) is 0. The third kappa shape index (κ3) is 5.25. The Morgan fingerprint density at radius 3 is 1.94 bits per heavy atom. The van der Waals surface area contributed by atoms with Crippen LogP contribution in [-0.2, 0) is 14.8 Å². The van der Waals surface area contributed by atoms with E-state index < -0.39 is 10.0 Å². The Hall–Kier alpha value is -3.32. The summed E-state index contributed by atoms with van der Waals surface area (Å²) < 4.78 is 28.3. The molecule has 3 aromatic rings. The largest absolute Gasteiger partial charge is 0.368 e. The van der Waals surface area contributed by atoms with Crippen molar-refractivity contribution >= 4 is 27.3 Å². The highest BCUT2D eigenvalue weighted by molar-refractivity contribution is 7.92. The van der Waals surface area contributed by atoms with E-state index in [-0.39, 0.29) is 17.3 Å². The fourth-order valence-electron chi connectivity index (χ4n) is 4.14. The number of para-hydroxylation sites is 1. The summed E-state index contributed by atoms with van der Waals surface area (Å²) in [6, 6.07) is 25.8. The van der Waals surface area contributed by atoms with E-state index >= 15 is 0 Å². The van der Waals surface area contributed by atoms with Crippen LogP contribution in [0.3, 0.4) is 0 Å². The van der Waals surface area contributed by atoms with Crippen LogP contribution in [0.25, 0.3) is 0 Å². The smallest absolute Gasteiger partial charge is 0.264 e. The minimum atomic E-state index is -3.90. The molecule has 1 saturated heterocycles. The molecule has 1 heterocycles. The Balaban J connectivity index is 1.54. The second kappa shape index (κ2) is 10.3. The molecular formula is C27H31N3O3S. The van der Waals surface area contributed by atoms with Crippen molar-refractivity contribution in [3.8, 4) is 0 Å². The molecule has 1 fully saturated rings. The molecule has 0 aromatic heterocycles. The number of rotatable bonds is 7. The van der Waals surface area contributed by atoms with Crippen LogP contribution < -0.4 is 9.21 Å². The fourth-order valence-corrected chi connectivity index (χ4v) is 5.57. The van der Waals surface area contributed by atoms with Crippen molar-refractivity contribution in [3.05, 3.63) is 90.5 Å². The maximum atomic E-state index is 13.6. The Labute approximate surface area is 202 Å². The fraction of sp³-hybridized carbons (Fsp3) is 0.296. The van der Waals surface area contributed by atoms with Crippen LogP contribution in [0.1, 0.15) is 25.3 Å². The first-order valence-corrected chi connectivity index (χ1v) is 13.1. The molecule has 178 valence electrons. The maximum Gasteiger partial charge on any atom is 0.264 e. The molecule has 0 saturated carbocycles. The van der Waals surface area contributed by atoms with Gasteiger partial charge in [0.25, 0.3) is 10.0 Å². The quantitative estimate of drug-likeness (QED) is 0.508. The summed E-state index contributed by atoms with van der Waals surface area (Å²) in [5.41, 5.74) is 2.74. The van der Waals surface area contributed by atoms with E-state index in [0.717, 1.165) is 11.3 Å². The van der Waals surface area contributed by atoms with E-state index in [0.29, 0.717) is 37.8 Å². The highest BCUT2D eigenvalue weighted by Gasteiger charge is 2.30. The van der Waals surface area contributed by atoms with Crippen molar-refractivity contribution in [2.75, 3.05) is 41.9 Å². The van der Waals surface area contributed by atoms with Gasteiger partial charge in [0.1, 0.15) is 6.54 Å². The van der Waals surface area contributed by atoms with Crippen LogP contribution in [0.2, 0.25) is 0 Å². The number of nitrogens with zero attached hydrogens (tertiary/aromatic N) is 3. The Morgan fingerprint density at radius 2 is 1.38 bits per heavy atom. The van der Waals surface area contributed by atoms with Crippen molar-refractivity contribution in [1.29, 1.82) is 0 Å². The van der Waals surface area contributed by atoms with Crippen molar-refractivity contribution < 1.29 is 13.2 Å². The second-order valence-electron chi connectivity index (χ2n) is 8.77. The molecule has 4 rings (SSSR count). The molecule has 1 aliphatic heterocycles. The van der Waals surface area contributed by atoms with Gasteiger partial charge in [-0.15, -0.1) is 0 Å². The van der Waals surface area contributed by atoms with Crippen LogP contribution in [-0.4, -0.2) is 51.9 Å². The lowest BCUT2D eigenvalue weighted by Crippen LogP contribution is -2.52. The number of sulfonamides is 1. The zero-order valence-corrected chi connectivity index (χ0v) is 20.5. The molecule has 6 nitrogen and oxygen atoms in total. The van der Waals surface area contributed by atoms with E-state index in [1.807, 2.05) is 30.3 Å². The van der Waals surface area contributed by atoms with Gasteiger partial charge in [0, 0.05) is 31.9 Å². The molecular weight excluding hydrogens is 446 g/mol. The number of hydrogen-bond donors (Lipinski definition) is 0. The zero-order chi connectivity index (χ0) is 24.1. The predicted molar refractivity (Wildman–Crippen MR) is 137 cm³/mol. The molecule has 0 aliphatic carbocycles. The first kappa shape index (κ1) is 23.8. The standard InChI is InChI=1S/C27H31N3O3S/c1-22(2)23-13-15-25(16-14-23)30(34(32,33)26-11-7-4-8-12-26)21-27(31)29-19-17-28(18-20-29)24-9-5-3-6-10-24/h3-16,22H,17-21H2,1-2H3. The zero-order valence-electron chi connectivity index (χ0n) is 19.7. The topological polar surface area (TPSA) is 60.9 Å². The summed E-state index contributed by atoms with van der Waals surface area (Å²) in [5, 5.41) is 0. The summed E-state index contributed by atoms with van der Waals surface area (Å²) in [7, 11) is -3.90. The predicted octanol–water partition coefficient (Wildman–Crippen LogP) is 4.35. The van der Waals surface area contributed by atoms with Crippen molar-refractivity contribution in [3.63, 3.8) is 0 Å². The third-order valence-corrected chi connectivity index (χ3v) is 8.00. The molecule has 3 aromatic carbocycles. The van der Waals surface area contributed by atoms with Crippen molar-refractivity contribution in [1.82, 2.24) is 4.90 Å². The minimum Gasteiger partial charge on any atom is -0.368 e. The van der Waals surface area contributed by atoms with Gasteiger partial charge >= 0.3 is 0 Å². The van der Waals surface area contributed by atoms with Crippen molar-refractivity contribution in [2.24, 2.45) is 0 Å². The van der Waals surface area contributed by atoms with E-state index in [2.05, 4.69) is 30.9 Å². The first-order valence-electron chi connectivity index (χ1n) is 11.6. The van der Waals surface area contributed by atoms with Gasteiger partial charge in [-0.3, -0.25) is 9.10 Å². The molecule has 0 bridgehead atoms. The number of anilines is 2. The van der Waals surface area contributed by atoms with E-state index in [9.17, 15) is 13.2 Å². The normalized spacial score (nSPS) is 14.3. The molecule has 0 unspecified atom stereocenters. The van der Waals surface area contributed by atoms with E-state index in [1.54, 1.807) is 47.4 Å². The monoisotopic (exact) mass is 477 g/mol. The maximum absolute atomic E-state index is 13.6. The van der Waals surface area contributed by atoms with E-state index in [1.165, 1.54) is 4.31 Å². The molecule has 0 spiro atoms. The third-order valence-electron chi connectivity index (χ3n) is 6.21. The van der Waals surface area contributed by atoms with Crippen LogP contribution in [0.4, 0.5) is 11.4 Å². The number of hydrogen-bond acceptors (Lipinski definition) is 4. The molecule has 1 amide bonds. The molecule has 34 heavy (non-hydrogen) atoms. The Kier molecular flexibility index (Phi) is 7.22. The van der Waals surface area contributed by atoms with Gasteiger partial charge in [0.2, 0.25) is 5.91 Å². The van der Waals surface area contributed by atoms with Crippen LogP contribution in [0.15, 0.2) is 89.8 Å². The number of benzene rings is 3. The van der Waals surface area contributed by atoms with Crippen LogP contribution >= 0.6 is 0 Å². The molecule has 0 radical (unpaired) electrons. The lowest BCUT2D eigenvalue weighted by Gasteiger charge is -2.37. The van der Waals surface area contributed by atoms with Gasteiger partial charge in [-0.1, -0.05) is 62.4 Å². The van der Waals surface area contributed by atoms with Gasteiger partial charge in [-0.2, -0.15) is 0 Å².